The molecular weight excluding hydrogens is 463 g/mol. The fraction of sp³-hybridized carbons (Fsp3) is 0.300. The fourth-order valence-electron chi connectivity index (χ4n) is 3.87. The van der Waals surface area contributed by atoms with Gasteiger partial charge in [0.15, 0.2) is 4.90 Å². The number of amides is 1. The first-order chi connectivity index (χ1) is 15.6. The van der Waals surface area contributed by atoms with E-state index in [1.54, 1.807) is 0 Å². The number of methoxy groups -OCH3 is 2. The van der Waals surface area contributed by atoms with Crippen molar-refractivity contribution >= 4 is 33.5 Å². The van der Waals surface area contributed by atoms with Crippen molar-refractivity contribution in [3.05, 3.63) is 57.4 Å². The summed E-state index contributed by atoms with van der Waals surface area (Å²) in [6, 6.07) is 4.48. The number of nitro benzene ring substituents is 1. The monoisotopic (exact) mass is 480 g/mol. The molecule has 1 fully saturated rings. The molecule has 1 aliphatic heterocycles. The normalized spacial score (nSPS) is 18.3. The molecule has 2 aromatic carbocycles. The van der Waals surface area contributed by atoms with Crippen molar-refractivity contribution in [3.8, 4) is 5.75 Å². The SMILES string of the molecule is COC(=O)c1c(N(C(=O)OC)S(=O)(=O)c2ccc(F)cc2[N+](=O)[O-])ccc2c1OCC1C[C@H]21. The van der Waals surface area contributed by atoms with Gasteiger partial charge < -0.3 is 14.2 Å². The van der Waals surface area contributed by atoms with Gasteiger partial charge in [0.2, 0.25) is 0 Å². The summed E-state index contributed by atoms with van der Waals surface area (Å²) in [6.07, 6.45) is -0.632. The third-order valence-corrected chi connectivity index (χ3v) is 7.24. The number of halogens is 1. The molecule has 11 nitrogen and oxygen atoms in total. The number of benzene rings is 2. The number of ether oxygens (including phenoxy) is 3. The highest BCUT2D eigenvalue weighted by Crippen LogP contribution is 2.56. The van der Waals surface area contributed by atoms with E-state index >= 15 is 0 Å². The molecule has 13 heteroatoms. The molecule has 1 unspecified atom stereocenters. The molecule has 2 atom stereocenters. The number of carbonyl (C=O) groups excluding carboxylic acids is 2. The number of nitro groups is 1. The zero-order chi connectivity index (χ0) is 24.1. The average molecular weight is 480 g/mol. The van der Waals surface area contributed by atoms with Crippen LogP contribution in [0.1, 0.15) is 28.3 Å². The van der Waals surface area contributed by atoms with E-state index in [2.05, 4.69) is 4.74 Å². The summed E-state index contributed by atoms with van der Waals surface area (Å²) in [5, 5.41) is 11.4. The van der Waals surface area contributed by atoms with Gasteiger partial charge in [-0.3, -0.25) is 10.1 Å². The fourth-order valence-corrected chi connectivity index (χ4v) is 5.38. The molecule has 0 bridgehead atoms. The van der Waals surface area contributed by atoms with Gasteiger partial charge in [0.05, 0.1) is 37.5 Å². The number of anilines is 1. The molecule has 0 radical (unpaired) electrons. The Labute approximate surface area is 186 Å². The average Bonchev–Trinajstić information content (AvgIpc) is 3.58. The summed E-state index contributed by atoms with van der Waals surface area (Å²) < 4.78 is 55.8. The lowest BCUT2D eigenvalue weighted by Gasteiger charge is -2.26. The van der Waals surface area contributed by atoms with E-state index in [0.717, 1.165) is 20.6 Å². The zero-order valence-corrected chi connectivity index (χ0v) is 18.1. The number of hydrogen-bond acceptors (Lipinski definition) is 9. The Morgan fingerprint density at radius 2 is 1.94 bits per heavy atom. The van der Waals surface area contributed by atoms with Crippen LogP contribution in [0.3, 0.4) is 0 Å². The summed E-state index contributed by atoms with van der Waals surface area (Å²) in [5.74, 6) is -1.58. The van der Waals surface area contributed by atoms with Crippen molar-refractivity contribution in [1.82, 2.24) is 0 Å². The van der Waals surface area contributed by atoms with Crippen LogP contribution in [0.5, 0.6) is 5.75 Å². The Balaban J connectivity index is 1.98. The molecule has 2 aliphatic rings. The maximum Gasteiger partial charge on any atom is 0.428 e. The van der Waals surface area contributed by atoms with Gasteiger partial charge in [-0.05, 0) is 36.1 Å². The number of nitrogens with zero attached hydrogens (tertiary/aromatic N) is 2. The third kappa shape index (κ3) is 3.63. The zero-order valence-electron chi connectivity index (χ0n) is 17.3. The molecule has 0 N–H and O–H groups in total. The van der Waals surface area contributed by atoms with E-state index in [1.165, 1.54) is 12.1 Å². The standard InChI is InChI=1S/C20H17FN2O9S/c1-30-19(24)17-14(5-4-12-13-7-10(13)9-32-18(12)17)22(20(25)31-2)33(28,29)16-6-3-11(21)8-15(16)23(26)27/h3-6,8,10,13H,7,9H2,1-2H3/t10?,13-/m0/s1. The first-order valence-electron chi connectivity index (χ1n) is 9.57. The van der Waals surface area contributed by atoms with Crippen LogP contribution >= 0.6 is 0 Å². The summed E-state index contributed by atoms with van der Waals surface area (Å²) in [4.78, 5) is 34.7. The van der Waals surface area contributed by atoms with Crippen LogP contribution in [0.25, 0.3) is 0 Å². The molecule has 174 valence electrons. The quantitative estimate of drug-likeness (QED) is 0.358. The van der Waals surface area contributed by atoms with Gasteiger partial charge in [-0.15, -0.1) is 0 Å². The highest BCUT2D eigenvalue weighted by atomic mass is 32.2. The van der Waals surface area contributed by atoms with Gasteiger partial charge in [-0.1, -0.05) is 6.07 Å². The van der Waals surface area contributed by atoms with E-state index in [-0.39, 0.29) is 27.5 Å². The number of carbonyl (C=O) groups is 2. The molecule has 1 aliphatic carbocycles. The number of hydrogen-bond donors (Lipinski definition) is 0. The largest absolute Gasteiger partial charge is 0.492 e. The van der Waals surface area contributed by atoms with Crippen LogP contribution < -0.4 is 9.04 Å². The lowest BCUT2D eigenvalue weighted by Crippen LogP contribution is -2.38. The Hall–Kier alpha value is -3.74. The minimum atomic E-state index is -5.06. The maximum absolute atomic E-state index is 13.6. The van der Waals surface area contributed by atoms with E-state index in [0.29, 0.717) is 30.4 Å². The Bertz CT molecular complexity index is 1290. The van der Waals surface area contributed by atoms with Crippen LogP contribution in [0.2, 0.25) is 0 Å². The highest BCUT2D eigenvalue weighted by molar-refractivity contribution is 7.93. The van der Waals surface area contributed by atoms with E-state index in [9.17, 15) is 32.5 Å². The number of sulfonamides is 1. The van der Waals surface area contributed by atoms with Gasteiger partial charge in [0.1, 0.15) is 17.1 Å². The summed E-state index contributed by atoms with van der Waals surface area (Å²) in [7, 11) is -3.10. The Morgan fingerprint density at radius 1 is 1.21 bits per heavy atom. The molecule has 0 saturated heterocycles. The second-order valence-electron chi connectivity index (χ2n) is 7.39. The topological polar surface area (TPSA) is 142 Å². The molecule has 0 spiro atoms. The molecule has 1 saturated carbocycles. The summed E-state index contributed by atoms with van der Waals surface area (Å²) in [5.41, 5.74) is -1.27. The summed E-state index contributed by atoms with van der Waals surface area (Å²) in [6.45, 7) is 0.291. The maximum atomic E-state index is 13.6. The molecule has 0 aromatic heterocycles. The first-order valence-corrected chi connectivity index (χ1v) is 11.0. The van der Waals surface area contributed by atoms with Crippen molar-refractivity contribution in [2.75, 3.05) is 25.1 Å². The van der Waals surface area contributed by atoms with Crippen LogP contribution in [0, 0.1) is 21.8 Å². The van der Waals surface area contributed by atoms with E-state index in [4.69, 9.17) is 9.47 Å². The second-order valence-corrected chi connectivity index (χ2v) is 9.15. The minimum absolute atomic E-state index is 0.0656. The van der Waals surface area contributed by atoms with E-state index < -0.39 is 49.1 Å². The molecule has 4 rings (SSSR count). The second kappa shape index (κ2) is 7.99. The third-order valence-electron chi connectivity index (χ3n) is 5.51. The smallest absolute Gasteiger partial charge is 0.428 e. The van der Waals surface area contributed by atoms with Gasteiger partial charge in [-0.25, -0.2) is 22.4 Å². The van der Waals surface area contributed by atoms with Crippen molar-refractivity contribution in [3.63, 3.8) is 0 Å². The van der Waals surface area contributed by atoms with Crippen molar-refractivity contribution in [2.24, 2.45) is 5.92 Å². The first kappa shape index (κ1) is 22.5. The minimum Gasteiger partial charge on any atom is -0.492 e. The number of rotatable bonds is 5. The van der Waals surface area contributed by atoms with Gasteiger partial charge in [0.25, 0.3) is 15.7 Å². The van der Waals surface area contributed by atoms with Crippen LogP contribution in [0.15, 0.2) is 35.2 Å². The van der Waals surface area contributed by atoms with Crippen molar-refractivity contribution in [1.29, 1.82) is 0 Å². The Kier molecular flexibility index (Phi) is 5.44. The predicted molar refractivity (Wildman–Crippen MR) is 109 cm³/mol. The lowest BCUT2D eigenvalue weighted by atomic mass is 10.00. The Morgan fingerprint density at radius 3 is 2.58 bits per heavy atom. The van der Waals surface area contributed by atoms with Crippen LogP contribution in [-0.2, 0) is 19.5 Å². The van der Waals surface area contributed by atoms with Crippen LogP contribution in [0.4, 0.5) is 20.6 Å². The van der Waals surface area contributed by atoms with Crippen molar-refractivity contribution < 1.29 is 41.5 Å². The lowest BCUT2D eigenvalue weighted by molar-refractivity contribution is -0.388. The van der Waals surface area contributed by atoms with Crippen molar-refractivity contribution in [2.45, 2.75) is 17.2 Å². The molecule has 2 aromatic rings. The number of esters is 1. The van der Waals surface area contributed by atoms with Gasteiger partial charge in [-0.2, -0.15) is 4.31 Å². The van der Waals surface area contributed by atoms with Gasteiger partial charge >= 0.3 is 12.1 Å². The van der Waals surface area contributed by atoms with Crippen LogP contribution in [-0.4, -0.2) is 46.2 Å². The molecule has 1 heterocycles. The van der Waals surface area contributed by atoms with E-state index in [1.807, 2.05) is 0 Å². The molecular formula is C20H17FN2O9S. The predicted octanol–water partition coefficient (Wildman–Crippen LogP) is 2.98. The summed E-state index contributed by atoms with van der Waals surface area (Å²) >= 11 is 0. The molecule has 33 heavy (non-hydrogen) atoms. The number of fused-ring (bicyclic) bond motifs is 3. The highest BCUT2D eigenvalue weighted by Gasteiger charge is 2.47. The molecule has 1 amide bonds. The van der Waals surface area contributed by atoms with Gasteiger partial charge in [0, 0.05) is 5.92 Å².